The summed E-state index contributed by atoms with van der Waals surface area (Å²) >= 11 is 0. The molecule has 2 aromatic heterocycles. The quantitative estimate of drug-likeness (QED) is 0.548. The summed E-state index contributed by atoms with van der Waals surface area (Å²) < 4.78 is 19.2. The molecule has 6 nitrogen and oxygen atoms in total. The highest BCUT2D eigenvalue weighted by atomic mass is 19.1. The van der Waals surface area contributed by atoms with E-state index in [2.05, 4.69) is 4.98 Å². The zero-order chi connectivity index (χ0) is 18.0. The number of primary amides is 1. The van der Waals surface area contributed by atoms with Gasteiger partial charge in [-0.15, -0.1) is 0 Å². The molecule has 0 atom stereocenters. The molecule has 0 radical (unpaired) electrons. The minimum absolute atomic E-state index is 0.0866. The first-order valence-electron chi connectivity index (χ1n) is 7.58. The van der Waals surface area contributed by atoms with Crippen LogP contribution in [0.25, 0.3) is 10.9 Å². The van der Waals surface area contributed by atoms with Crippen molar-refractivity contribution in [3.8, 4) is 5.88 Å². The molecule has 0 saturated heterocycles. The predicted molar refractivity (Wildman–Crippen MR) is 88.3 cm³/mol. The molecular weight excluding hydrogens is 325 g/mol. The normalized spacial score (nSPS) is 10.8. The Balaban J connectivity index is 2.16. The van der Waals surface area contributed by atoms with Gasteiger partial charge < -0.3 is 10.5 Å². The van der Waals surface area contributed by atoms with Crippen LogP contribution in [-0.4, -0.2) is 23.2 Å². The largest absolute Gasteiger partial charge is 0.445 e. The molecule has 1 amide bonds. The number of aromatic nitrogens is 2. The third-order valence-electron chi connectivity index (χ3n) is 3.97. The Morgan fingerprint density at radius 1 is 1.32 bits per heavy atom. The van der Waals surface area contributed by atoms with E-state index < -0.39 is 12.6 Å². The molecule has 0 aliphatic rings. The molecule has 3 aromatic rings. The van der Waals surface area contributed by atoms with Gasteiger partial charge in [0.1, 0.15) is 12.4 Å². The molecule has 3 N–H and O–H groups in total. The third kappa shape index (κ3) is 3.21. The molecule has 0 saturated carbocycles. The van der Waals surface area contributed by atoms with E-state index >= 15 is 0 Å². The Kier molecular flexibility index (Phi) is 4.47. The molecule has 2 heterocycles. The summed E-state index contributed by atoms with van der Waals surface area (Å²) in [4.78, 5) is 15.8. The Bertz CT molecular complexity index is 960. The summed E-state index contributed by atoms with van der Waals surface area (Å²) in [6, 6.07) is 10.2. The van der Waals surface area contributed by atoms with Crippen LogP contribution in [0.5, 0.6) is 5.88 Å². The standard InChI is InChI=1S/C18H16FN3O3/c1-25-16-8-11(5-6-22(16)24)7-13-9-15(18(20)23)21-17-12(10-19)3-2-4-14(13)17/h2-6,8-9H,7,10H2,1H3,(H2-,20,23,24)/p+1. The number of alkyl halides is 1. The molecule has 3 rings (SSSR count). The number of rotatable bonds is 5. The van der Waals surface area contributed by atoms with E-state index in [1.54, 1.807) is 30.3 Å². The molecule has 1 aromatic carbocycles. The van der Waals surface area contributed by atoms with E-state index in [4.69, 9.17) is 10.5 Å². The van der Waals surface area contributed by atoms with Gasteiger partial charge in [-0.25, -0.2) is 9.37 Å². The van der Waals surface area contributed by atoms with Crippen LogP contribution in [0.3, 0.4) is 0 Å². The van der Waals surface area contributed by atoms with E-state index in [9.17, 15) is 14.4 Å². The minimum atomic E-state index is -0.685. The van der Waals surface area contributed by atoms with Gasteiger partial charge in [0.2, 0.25) is 6.20 Å². The van der Waals surface area contributed by atoms with Crippen molar-refractivity contribution in [3.05, 3.63) is 65.0 Å². The topological polar surface area (TPSA) is 89.3 Å². The van der Waals surface area contributed by atoms with E-state index in [0.717, 1.165) is 21.2 Å². The lowest BCUT2D eigenvalue weighted by Crippen LogP contribution is -2.31. The van der Waals surface area contributed by atoms with E-state index in [1.807, 2.05) is 6.07 Å². The van der Waals surface area contributed by atoms with Crippen molar-refractivity contribution in [2.75, 3.05) is 7.11 Å². The molecular formula is C18H17FN3O3+. The molecule has 7 heteroatoms. The van der Waals surface area contributed by atoms with Crippen LogP contribution < -0.4 is 15.2 Å². The van der Waals surface area contributed by atoms with Crippen molar-refractivity contribution >= 4 is 16.8 Å². The Labute approximate surface area is 143 Å². The number of benzene rings is 1. The first kappa shape index (κ1) is 16.6. The smallest absolute Gasteiger partial charge is 0.416 e. The van der Waals surface area contributed by atoms with Crippen LogP contribution in [0.2, 0.25) is 0 Å². The number of pyridine rings is 2. The summed E-state index contributed by atoms with van der Waals surface area (Å²) in [6.07, 6.45) is 1.89. The van der Waals surface area contributed by atoms with Crippen molar-refractivity contribution in [2.45, 2.75) is 13.1 Å². The van der Waals surface area contributed by atoms with Crippen LogP contribution in [0.4, 0.5) is 4.39 Å². The van der Waals surface area contributed by atoms with Crippen molar-refractivity contribution in [3.63, 3.8) is 0 Å². The van der Waals surface area contributed by atoms with Crippen LogP contribution >= 0.6 is 0 Å². The van der Waals surface area contributed by atoms with Gasteiger partial charge in [0.25, 0.3) is 5.91 Å². The minimum Gasteiger partial charge on any atom is -0.445 e. The number of hydrogen-bond acceptors (Lipinski definition) is 4. The molecule has 0 fully saturated rings. The Morgan fingerprint density at radius 2 is 2.12 bits per heavy atom. The van der Waals surface area contributed by atoms with Crippen molar-refractivity contribution < 1.29 is 23.9 Å². The van der Waals surface area contributed by atoms with Crippen molar-refractivity contribution in [1.82, 2.24) is 4.98 Å². The third-order valence-corrected chi connectivity index (χ3v) is 3.97. The average molecular weight is 342 g/mol. The monoisotopic (exact) mass is 342 g/mol. The second-order valence-corrected chi connectivity index (χ2v) is 5.58. The van der Waals surface area contributed by atoms with E-state index in [-0.39, 0.29) is 11.6 Å². The number of methoxy groups -OCH3 is 1. The number of nitrogens with zero attached hydrogens (tertiary/aromatic N) is 2. The molecule has 0 spiro atoms. The molecule has 0 aliphatic carbocycles. The van der Waals surface area contributed by atoms with Crippen molar-refractivity contribution in [2.24, 2.45) is 5.73 Å². The van der Waals surface area contributed by atoms with Gasteiger partial charge in [0.05, 0.1) is 18.7 Å². The van der Waals surface area contributed by atoms with E-state index in [0.29, 0.717) is 17.5 Å². The zero-order valence-electron chi connectivity index (χ0n) is 13.6. The Hall–Kier alpha value is -3.22. The maximum absolute atomic E-state index is 13.3. The van der Waals surface area contributed by atoms with Crippen molar-refractivity contribution in [1.29, 1.82) is 0 Å². The highest BCUT2D eigenvalue weighted by molar-refractivity contribution is 5.95. The number of ether oxygens (including phenoxy) is 1. The average Bonchev–Trinajstić information content (AvgIpc) is 2.62. The maximum atomic E-state index is 13.3. The van der Waals surface area contributed by atoms with Gasteiger partial charge in [-0.2, -0.15) is 0 Å². The number of halogens is 1. The highest BCUT2D eigenvalue weighted by Gasteiger charge is 2.15. The Morgan fingerprint density at radius 3 is 2.80 bits per heavy atom. The summed E-state index contributed by atoms with van der Waals surface area (Å²) in [5, 5.41) is 10.4. The second kappa shape index (κ2) is 6.72. The molecule has 128 valence electrons. The van der Waals surface area contributed by atoms with Crippen LogP contribution in [0.15, 0.2) is 42.6 Å². The lowest BCUT2D eigenvalue weighted by Gasteiger charge is -2.10. The lowest BCUT2D eigenvalue weighted by molar-refractivity contribution is -0.906. The number of hydrogen-bond donors (Lipinski definition) is 2. The summed E-state index contributed by atoms with van der Waals surface area (Å²) in [5.41, 5.74) is 7.92. The predicted octanol–water partition coefficient (Wildman–Crippen LogP) is 1.93. The van der Waals surface area contributed by atoms with Gasteiger partial charge in [0.15, 0.2) is 0 Å². The zero-order valence-corrected chi connectivity index (χ0v) is 13.6. The van der Waals surface area contributed by atoms with Gasteiger partial charge in [0, 0.05) is 21.7 Å². The molecule has 0 unspecified atom stereocenters. The summed E-state index contributed by atoms with van der Waals surface area (Å²) in [5.74, 6) is -0.397. The number of carbonyl (C=O) groups excluding carboxylic acids is 1. The van der Waals surface area contributed by atoms with Gasteiger partial charge in [-0.05, 0) is 23.6 Å². The first-order valence-corrected chi connectivity index (χ1v) is 7.58. The molecule has 25 heavy (non-hydrogen) atoms. The van der Waals surface area contributed by atoms with Gasteiger partial charge in [-0.1, -0.05) is 18.2 Å². The van der Waals surface area contributed by atoms with E-state index in [1.165, 1.54) is 13.3 Å². The van der Waals surface area contributed by atoms with Crippen LogP contribution in [0, 0.1) is 0 Å². The number of carbonyl (C=O) groups is 1. The highest BCUT2D eigenvalue weighted by Crippen LogP contribution is 2.25. The van der Waals surface area contributed by atoms with Gasteiger partial charge in [-0.3, -0.25) is 10.0 Å². The SMILES string of the molecule is COc1cc(Cc2cc(C(N)=O)nc3c(CF)cccc23)cc[n+]1O. The number of fused-ring (bicyclic) bond motifs is 1. The molecule has 0 aliphatic heterocycles. The first-order chi connectivity index (χ1) is 12.0. The fraction of sp³-hybridized carbons (Fsp3) is 0.167. The van der Waals surface area contributed by atoms with Crippen LogP contribution in [-0.2, 0) is 13.1 Å². The molecule has 0 bridgehead atoms. The lowest BCUT2D eigenvalue weighted by atomic mass is 9.98. The second-order valence-electron chi connectivity index (χ2n) is 5.58. The maximum Gasteiger partial charge on any atom is 0.416 e. The summed E-state index contributed by atoms with van der Waals surface area (Å²) in [7, 11) is 1.45. The fourth-order valence-electron chi connectivity index (χ4n) is 2.75. The van der Waals surface area contributed by atoms with Crippen LogP contribution in [0.1, 0.15) is 27.2 Å². The number of para-hydroxylation sites is 1. The number of nitrogens with two attached hydrogens (primary N) is 1. The fourth-order valence-corrected chi connectivity index (χ4v) is 2.75. The number of amides is 1. The van der Waals surface area contributed by atoms with Gasteiger partial charge >= 0.3 is 5.88 Å². The summed E-state index contributed by atoms with van der Waals surface area (Å²) in [6.45, 7) is -0.685.